The van der Waals surface area contributed by atoms with Gasteiger partial charge in [-0.15, -0.1) is 0 Å². The Labute approximate surface area is 95.7 Å². The van der Waals surface area contributed by atoms with E-state index in [1.165, 1.54) is 6.07 Å². The Morgan fingerprint density at radius 2 is 2.18 bits per heavy atom. The third-order valence-corrected chi connectivity index (χ3v) is 2.59. The molecule has 0 aliphatic rings. The predicted molar refractivity (Wildman–Crippen MR) is 60.8 cm³/mol. The van der Waals surface area contributed by atoms with E-state index in [9.17, 15) is 4.79 Å². The van der Waals surface area contributed by atoms with Gasteiger partial charge in [0.15, 0.2) is 0 Å². The van der Waals surface area contributed by atoms with Gasteiger partial charge in [0.1, 0.15) is 5.69 Å². The lowest BCUT2D eigenvalue weighted by Gasteiger charge is -1.91. The topological polar surface area (TPSA) is 79.1 Å². The number of fused-ring (bicyclic) bond motifs is 1. The molecule has 5 nitrogen and oxygen atoms in total. The van der Waals surface area contributed by atoms with Crippen molar-refractivity contribution in [3.63, 3.8) is 0 Å². The van der Waals surface area contributed by atoms with Crippen molar-refractivity contribution in [1.29, 1.82) is 0 Å². The number of nitrogens with one attached hydrogen (secondary N) is 1. The van der Waals surface area contributed by atoms with Crippen LogP contribution in [0, 0.1) is 0 Å². The van der Waals surface area contributed by atoms with E-state index in [0.717, 1.165) is 16.5 Å². The van der Waals surface area contributed by atoms with Gasteiger partial charge in [0, 0.05) is 28.7 Å². The Hall–Kier alpha value is -2.56. The molecule has 2 heterocycles. The molecule has 0 bridgehead atoms. The molecule has 0 spiro atoms. The molecule has 17 heavy (non-hydrogen) atoms. The first-order chi connectivity index (χ1) is 8.25. The number of para-hydroxylation sites is 1. The summed E-state index contributed by atoms with van der Waals surface area (Å²) in [7, 11) is 0. The zero-order chi connectivity index (χ0) is 11.8. The minimum absolute atomic E-state index is 0.162. The van der Waals surface area contributed by atoms with Gasteiger partial charge in [0.05, 0.1) is 0 Å². The van der Waals surface area contributed by atoms with Crippen molar-refractivity contribution in [2.45, 2.75) is 0 Å². The number of aromatic nitrogens is 2. The molecule has 5 heteroatoms. The van der Waals surface area contributed by atoms with E-state index < -0.39 is 5.97 Å². The molecule has 0 aliphatic carbocycles. The first kappa shape index (κ1) is 9.65. The Morgan fingerprint density at radius 3 is 2.94 bits per heavy atom. The summed E-state index contributed by atoms with van der Waals surface area (Å²) in [5.41, 5.74) is 2.32. The summed E-state index contributed by atoms with van der Waals surface area (Å²) in [5.74, 6) is -1.28. The summed E-state index contributed by atoms with van der Waals surface area (Å²) < 4.78 is 4.74. The molecule has 2 aromatic heterocycles. The van der Waals surface area contributed by atoms with Crippen molar-refractivity contribution >= 4 is 16.9 Å². The zero-order valence-electron chi connectivity index (χ0n) is 8.68. The average molecular weight is 228 g/mol. The van der Waals surface area contributed by atoms with E-state index in [2.05, 4.69) is 10.1 Å². The summed E-state index contributed by atoms with van der Waals surface area (Å²) in [4.78, 5) is 13.8. The predicted octanol–water partition coefficient (Wildman–Crippen LogP) is 2.52. The van der Waals surface area contributed by atoms with E-state index in [-0.39, 0.29) is 5.76 Å². The highest BCUT2D eigenvalue weighted by Crippen LogP contribution is 2.27. The van der Waals surface area contributed by atoms with Crippen LogP contribution in [0.1, 0.15) is 10.6 Å². The maximum atomic E-state index is 10.7. The summed E-state index contributed by atoms with van der Waals surface area (Å²) in [6.07, 6.45) is 1.79. The smallest absolute Gasteiger partial charge is 0.374 e. The van der Waals surface area contributed by atoms with Gasteiger partial charge in [-0.25, -0.2) is 4.79 Å². The lowest BCUT2D eigenvalue weighted by Crippen LogP contribution is -1.91. The van der Waals surface area contributed by atoms with Gasteiger partial charge in [-0.1, -0.05) is 23.4 Å². The van der Waals surface area contributed by atoms with Crippen molar-refractivity contribution in [1.82, 2.24) is 10.1 Å². The van der Waals surface area contributed by atoms with Gasteiger partial charge >= 0.3 is 5.97 Å². The van der Waals surface area contributed by atoms with Gasteiger partial charge in [-0.05, 0) is 6.07 Å². The highest BCUT2D eigenvalue weighted by atomic mass is 16.5. The molecule has 0 fully saturated rings. The highest BCUT2D eigenvalue weighted by Gasteiger charge is 2.14. The monoisotopic (exact) mass is 228 g/mol. The third kappa shape index (κ3) is 1.48. The lowest BCUT2D eigenvalue weighted by atomic mass is 10.1. The van der Waals surface area contributed by atoms with Crippen molar-refractivity contribution in [2.24, 2.45) is 0 Å². The van der Waals surface area contributed by atoms with Crippen molar-refractivity contribution in [2.75, 3.05) is 0 Å². The molecule has 0 aliphatic heterocycles. The minimum Gasteiger partial charge on any atom is -0.475 e. The number of H-pyrrole nitrogens is 1. The standard InChI is InChI=1S/C12H8N2O3/c15-12(16)11-5-10(14-17-11)8-6-13-9-4-2-1-3-7(8)9/h1-6,13H,(H,15,16). The SMILES string of the molecule is O=C(O)c1cc(-c2c[nH]c3ccccc23)no1. The number of carboxylic acid groups (broad SMARTS) is 1. The molecule has 0 unspecified atom stereocenters. The van der Waals surface area contributed by atoms with E-state index in [1.54, 1.807) is 6.20 Å². The number of aromatic carboxylic acids is 1. The first-order valence-electron chi connectivity index (χ1n) is 5.02. The van der Waals surface area contributed by atoms with Crippen LogP contribution in [0.25, 0.3) is 22.2 Å². The molecule has 0 saturated carbocycles. The molecule has 1 aromatic carbocycles. The third-order valence-electron chi connectivity index (χ3n) is 2.59. The van der Waals surface area contributed by atoms with Gasteiger partial charge in [0.2, 0.25) is 5.76 Å². The van der Waals surface area contributed by atoms with Crippen LogP contribution in [-0.4, -0.2) is 21.2 Å². The normalized spacial score (nSPS) is 10.8. The Kier molecular flexibility index (Phi) is 1.98. The molecule has 3 aromatic rings. The van der Waals surface area contributed by atoms with Crippen molar-refractivity contribution in [3.05, 3.63) is 42.3 Å². The van der Waals surface area contributed by atoms with E-state index in [0.29, 0.717) is 5.69 Å². The number of hydrogen-bond donors (Lipinski definition) is 2. The number of rotatable bonds is 2. The average Bonchev–Trinajstić information content (AvgIpc) is 2.95. The van der Waals surface area contributed by atoms with E-state index >= 15 is 0 Å². The fourth-order valence-corrected chi connectivity index (χ4v) is 1.79. The summed E-state index contributed by atoms with van der Waals surface area (Å²) in [6, 6.07) is 9.14. The fraction of sp³-hybridized carbons (Fsp3) is 0. The second kappa shape index (κ2) is 3.48. The number of benzene rings is 1. The summed E-state index contributed by atoms with van der Waals surface area (Å²) in [6.45, 7) is 0. The summed E-state index contributed by atoms with van der Waals surface area (Å²) >= 11 is 0. The highest BCUT2D eigenvalue weighted by molar-refractivity contribution is 5.95. The van der Waals surface area contributed by atoms with Gasteiger partial charge in [-0.3, -0.25) is 0 Å². The Bertz CT molecular complexity index is 696. The van der Waals surface area contributed by atoms with Crippen LogP contribution < -0.4 is 0 Å². The van der Waals surface area contributed by atoms with Crippen LogP contribution in [0.15, 0.2) is 41.1 Å². The zero-order valence-corrected chi connectivity index (χ0v) is 8.68. The van der Waals surface area contributed by atoms with Gasteiger partial charge in [-0.2, -0.15) is 0 Å². The molecule has 0 saturated heterocycles. The lowest BCUT2D eigenvalue weighted by molar-refractivity contribution is 0.0652. The van der Waals surface area contributed by atoms with E-state index in [1.807, 2.05) is 24.3 Å². The van der Waals surface area contributed by atoms with Crippen molar-refractivity contribution in [3.8, 4) is 11.3 Å². The quantitative estimate of drug-likeness (QED) is 0.706. The second-order valence-electron chi connectivity index (χ2n) is 3.63. The molecular weight excluding hydrogens is 220 g/mol. The maximum Gasteiger partial charge on any atom is 0.374 e. The van der Waals surface area contributed by atoms with Crippen LogP contribution in [0.2, 0.25) is 0 Å². The molecule has 0 radical (unpaired) electrons. The van der Waals surface area contributed by atoms with Crippen LogP contribution in [0.4, 0.5) is 0 Å². The van der Waals surface area contributed by atoms with Crippen LogP contribution in [0.3, 0.4) is 0 Å². The second-order valence-corrected chi connectivity index (χ2v) is 3.63. The molecule has 0 atom stereocenters. The van der Waals surface area contributed by atoms with Crippen LogP contribution in [0.5, 0.6) is 0 Å². The van der Waals surface area contributed by atoms with Crippen LogP contribution >= 0.6 is 0 Å². The Morgan fingerprint density at radius 1 is 1.35 bits per heavy atom. The van der Waals surface area contributed by atoms with E-state index in [4.69, 9.17) is 9.63 Å². The molecule has 84 valence electrons. The molecular formula is C12H8N2O3. The number of nitrogens with zero attached hydrogens (tertiary/aromatic N) is 1. The Balaban J connectivity index is 2.17. The first-order valence-corrected chi connectivity index (χ1v) is 5.02. The van der Waals surface area contributed by atoms with Gasteiger partial charge < -0.3 is 14.6 Å². The number of aromatic amines is 1. The molecule has 0 amide bonds. The molecule has 3 rings (SSSR count). The van der Waals surface area contributed by atoms with Gasteiger partial charge in [0.25, 0.3) is 0 Å². The largest absolute Gasteiger partial charge is 0.475 e. The minimum atomic E-state index is -1.12. The maximum absolute atomic E-state index is 10.7. The van der Waals surface area contributed by atoms with Crippen LogP contribution in [-0.2, 0) is 0 Å². The number of carboxylic acids is 1. The van der Waals surface area contributed by atoms with Crippen molar-refractivity contribution < 1.29 is 14.4 Å². The molecule has 2 N–H and O–H groups in total. The number of carbonyl (C=O) groups is 1. The fourth-order valence-electron chi connectivity index (χ4n) is 1.79. The summed E-state index contributed by atoms with van der Waals surface area (Å²) in [5, 5.41) is 13.5. The number of hydrogen-bond acceptors (Lipinski definition) is 3.